The maximum atomic E-state index is 13.4. The van der Waals surface area contributed by atoms with E-state index in [2.05, 4.69) is 11.9 Å². The van der Waals surface area contributed by atoms with Gasteiger partial charge in [0.2, 0.25) is 0 Å². The van der Waals surface area contributed by atoms with E-state index in [1.807, 2.05) is 19.1 Å². The Morgan fingerprint density at radius 1 is 1.50 bits per heavy atom. The lowest BCUT2D eigenvalue weighted by Crippen LogP contribution is -2.21. The predicted octanol–water partition coefficient (Wildman–Crippen LogP) is 3.05. The third-order valence-electron chi connectivity index (χ3n) is 2.13. The predicted molar refractivity (Wildman–Crippen MR) is 57.6 cm³/mol. The van der Waals surface area contributed by atoms with Crippen molar-refractivity contribution in [3.05, 3.63) is 48.3 Å². The molecule has 0 heterocycles. The smallest absolute Gasteiger partial charge is 0.127 e. The number of benzene rings is 1. The summed E-state index contributed by atoms with van der Waals surface area (Å²) in [6.45, 7) is 6.51. The molecule has 14 heavy (non-hydrogen) atoms. The Balaban J connectivity index is 2.86. The lowest BCUT2D eigenvalue weighted by molar-refractivity contribution is 0.516. The summed E-state index contributed by atoms with van der Waals surface area (Å²) in [7, 11) is 0. The number of rotatable bonds is 5. The summed E-state index contributed by atoms with van der Waals surface area (Å²) in [6, 6.07) is 6.90. The van der Waals surface area contributed by atoms with E-state index in [0.717, 1.165) is 13.0 Å². The van der Waals surface area contributed by atoms with Crippen molar-refractivity contribution in [3.8, 4) is 0 Å². The Hall–Kier alpha value is -1.15. The molecule has 0 fully saturated rings. The Bertz CT molecular complexity index is 296. The highest BCUT2D eigenvalue weighted by atomic mass is 19.1. The van der Waals surface area contributed by atoms with Crippen LogP contribution in [0.1, 0.15) is 24.9 Å². The van der Waals surface area contributed by atoms with Gasteiger partial charge in [0.1, 0.15) is 5.82 Å². The first-order chi connectivity index (χ1) is 6.79. The van der Waals surface area contributed by atoms with Crippen LogP contribution in [0.25, 0.3) is 0 Å². The molecular weight excluding hydrogens is 177 g/mol. The van der Waals surface area contributed by atoms with Gasteiger partial charge in [-0.25, -0.2) is 4.39 Å². The molecule has 1 nitrogen and oxygen atoms in total. The van der Waals surface area contributed by atoms with Crippen LogP contribution in [0.5, 0.6) is 0 Å². The van der Waals surface area contributed by atoms with E-state index in [1.54, 1.807) is 12.1 Å². The SMILES string of the molecule is C=CCC(NCC)c1ccccc1F. The topological polar surface area (TPSA) is 12.0 Å². The van der Waals surface area contributed by atoms with E-state index in [-0.39, 0.29) is 11.9 Å². The Morgan fingerprint density at radius 2 is 2.21 bits per heavy atom. The van der Waals surface area contributed by atoms with Crippen LogP contribution in [-0.4, -0.2) is 6.54 Å². The second-order valence-electron chi connectivity index (χ2n) is 3.16. The van der Waals surface area contributed by atoms with Gasteiger partial charge >= 0.3 is 0 Å². The number of hydrogen-bond donors (Lipinski definition) is 1. The van der Waals surface area contributed by atoms with E-state index in [9.17, 15) is 4.39 Å². The molecule has 1 aromatic carbocycles. The molecule has 0 aliphatic carbocycles. The average Bonchev–Trinajstić information content (AvgIpc) is 2.18. The number of hydrogen-bond acceptors (Lipinski definition) is 1. The second-order valence-corrected chi connectivity index (χ2v) is 3.16. The molecule has 2 heteroatoms. The van der Waals surface area contributed by atoms with Crippen molar-refractivity contribution in [3.63, 3.8) is 0 Å². The van der Waals surface area contributed by atoms with Crippen LogP contribution in [0.4, 0.5) is 4.39 Å². The third-order valence-corrected chi connectivity index (χ3v) is 2.13. The van der Waals surface area contributed by atoms with Gasteiger partial charge in [0.25, 0.3) is 0 Å². The van der Waals surface area contributed by atoms with Crippen LogP contribution in [0.3, 0.4) is 0 Å². The second kappa shape index (κ2) is 5.55. The third kappa shape index (κ3) is 2.67. The Labute approximate surface area is 84.6 Å². The molecule has 0 bridgehead atoms. The molecule has 76 valence electrons. The fraction of sp³-hybridized carbons (Fsp3) is 0.333. The highest BCUT2D eigenvalue weighted by molar-refractivity contribution is 5.21. The zero-order chi connectivity index (χ0) is 10.4. The molecule has 0 spiro atoms. The summed E-state index contributed by atoms with van der Waals surface area (Å²) >= 11 is 0. The zero-order valence-electron chi connectivity index (χ0n) is 8.46. The van der Waals surface area contributed by atoms with Gasteiger partial charge in [0.15, 0.2) is 0 Å². The highest BCUT2D eigenvalue weighted by Gasteiger charge is 2.11. The summed E-state index contributed by atoms with van der Waals surface area (Å²) in [4.78, 5) is 0. The van der Waals surface area contributed by atoms with Crippen molar-refractivity contribution in [1.29, 1.82) is 0 Å². The van der Waals surface area contributed by atoms with Crippen LogP contribution in [0.15, 0.2) is 36.9 Å². The molecule has 1 unspecified atom stereocenters. The van der Waals surface area contributed by atoms with Crippen LogP contribution >= 0.6 is 0 Å². The first-order valence-electron chi connectivity index (χ1n) is 4.88. The van der Waals surface area contributed by atoms with Crippen molar-refractivity contribution in [1.82, 2.24) is 5.32 Å². The van der Waals surface area contributed by atoms with Gasteiger partial charge in [-0.1, -0.05) is 31.2 Å². The largest absolute Gasteiger partial charge is 0.310 e. The maximum absolute atomic E-state index is 13.4. The Kier molecular flexibility index (Phi) is 4.33. The maximum Gasteiger partial charge on any atom is 0.127 e. The van der Waals surface area contributed by atoms with Crippen molar-refractivity contribution >= 4 is 0 Å². The summed E-state index contributed by atoms with van der Waals surface area (Å²) in [5.41, 5.74) is 0.717. The molecule has 0 radical (unpaired) electrons. The molecule has 1 rings (SSSR count). The highest BCUT2D eigenvalue weighted by Crippen LogP contribution is 2.19. The molecule has 1 N–H and O–H groups in total. The summed E-state index contributed by atoms with van der Waals surface area (Å²) < 4.78 is 13.4. The van der Waals surface area contributed by atoms with Crippen LogP contribution < -0.4 is 5.32 Å². The van der Waals surface area contributed by atoms with Gasteiger partial charge in [-0.2, -0.15) is 0 Å². The van der Waals surface area contributed by atoms with Gasteiger partial charge in [-0.3, -0.25) is 0 Å². The van der Waals surface area contributed by atoms with Gasteiger partial charge in [-0.05, 0) is 19.0 Å². The minimum Gasteiger partial charge on any atom is -0.310 e. The first kappa shape index (κ1) is 10.9. The lowest BCUT2D eigenvalue weighted by Gasteiger charge is -2.16. The fourth-order valence-corrected chi connectivity index (χ4v) is 1.49. The minimum atomic E-state index is -0.152. The normalized spacial score (nSPS) is 12.4. The van der Waals surface area contributed by atoms with Gasteiger partial charge < -0.3 is 5.32 Å². The minimum absolute atomic E-state index is 0.0405. The quantitative estimate of drug-likeness (QED) is 0.709. The number of nitrogens with one attached hydrogen (secondary N) is 1. The molecule has 0 aromatic heterocycles. The molecule has 0 saturated carbocycles. The van der Waals surface area contributed by atoms with Crippen molar-refractivity contribution in [2.24, 2.45) is 0 Å². The van der Waals surface area contributed by atoms with Crippen molar-refractivity contribution in [2.45, 2.75) is 19.4 Å². The van der Waals surface area contributed by atoms with E-state index in [1.165, 1.54) is 6.07 Å². The van der Waals surface area contributed by atoms with Crippen LogP contribution in [0.2, 0.25) is 0 Å². The van der Waals surface area contributed by atoms with Gasteiger partial charge in [0, 0.05) is 11.6 Å². The molecule has 0 aliphatic heterocycles. The van der Waals surface area contributed by atoms with E-state index in [4.69, 9.17) is 0 Å². The lowest BCUT2D eigenvalue weighted by atomic mass is 10.0. The van der Waals surface area contributed by atoms with Crippen molar-refractivity contribution in [2.75, 3.05) is 6.54 Å². The molecule has 0 aliphatic rings. The van der Waals surface area contributed by atoms with E-state index in [0.29, 0.717) is 5.56 Å². The summed E-state index contributed by atoms with van der Waals surface area (Å²) in [5, 5.41) is 3.23. The fourth-order valence-electron chi connectivity index (χ4n) is 1.49. The molecular formula is C12H16FN. The van der Waals surface area contributed by atoms with Crippen LogP contribution in [-0.2, 0) is 0 Å². The molecule has 0 amide bonds. The van der Waals surface area contributed by atoms with E-state index >= 15 is 0 Å². The molecule has 1 atom stereocenters. The van der Waals surface area contributed by atoms with E-state index < -0.39 is 0 Å². The summed E-state index contributed by atoms with van der Waals surface area (Å²) in [6.07, 6.45) is 2.55. The average molecular weight is 193 g/mol. The zero-order valence-corrected chi connectivity index (χ0v) is 8.46. The monoisotopic (exact) mass is 193 g/mol. The first-order valence-corrected chi connectivity index (χ1v) is 4.88. The van der Waals surface area contributed by atoms with Gasteiger partial charge in [0.05, 0.1) is 0 Å². The van der Waals surface area contributed by atoms with Gasteiger partial charge in [-0.15, -0.1) is 6.58 Å². The molecule has 1 aromatic rings. The number of halogens is 1. The summed E-state index contributed by atoms with van der Waals surface area (Å²) in [5.74, 6) is -0.152. The Morgan fingerprint density at radius 3 is 2.79 bits per heavy atom. The van der Waals surface area contributed by atoms with Crippen LogP contribution in [0, 0.1) is 5.82 Å². The standard InChI is InChI=1S/C12H16FN/c1-3-7-12(14-4-2)10-8-5-6-9-11(10)13/h3,5-6,8-9,12,14H,1,4,7H2,2H3. The van der Waals surface area contributed by atoms with Crippen molar-refractivity contribution < 1.29 is 4.39 Å². The molecule has 0 saturated heterocycles.